The van der Waals surface area contributed by atoms with Crippen molar-refractivity contribution in [2.45, 2.75) is 39.9 Å². The number of benzene rings is 2. The highest BCUT2D eigenvalue weighted by atomic mass is 16.5. The molecular formula is C21H22O5. The first-order valence-corrected chi connectivity index (χ1v) is 8.44. The van der Waals surface area contributed by atoms with Gasteiger partial charge in [-0.05, 0) is 52.0 Å². The highest BCUT2D eigenvalue weighted by Crippen LogP contribution is 2.14. The van der Waals surface area contributed by atoms with Gasteiger partial charge in [0.25, 0.3) is 0 Å². The van der Waals surface area contributed by atoms with E-state index in [0.717, 1.165) is 0 Å². The number of carbonyl (C=O) groups excluding carboxylic acids is 3. The number of esters is 2. The molecule has 136 valence electrons. The molecule has 0 heterocycles. The van der Waals surface area contributed by atoms with Gasteiger partial charge in [0, 0.05) is 11.1 Å². The number of hydrogen-bond donors (Lipinski definition) is 0. The Morgan fingerprint density at radius 2 is 0.846 bits per heavy atom. The first-order chi connectivity index (χ1) is 12.3. The van der Waals surface area contributed by atoms with Gasteiger partial charge in [-0.2, -0.15) is 0 Å². The van der Waals surface area contributed by atoms with Crippen molar-refractivity contribution in [1.82, 2.24) is 0 Å². The van der Waals surface area contributed by atoms with Gasteiger partial charge in [0.1, 0.15) is 0 Å². The van der Waals surface area contributed by atoms with Gasteiger partial charge < -0.3 is 9.47 Å². The molecule has 0 fully saturated rings. The summed E-state index contributed by atoms with van der Waals surface area (Å²) >= 11 is 0. The zero-order chi connectivity index (χ0) is 19.3. The van der Waals surface area contributed by atoms with Crippen molar-refractivity contribution in [3.63, 3.8) is 0 Å². The van der Waals surface area contributed by atoms with Gasteiger partial charge in [-0.15, -0.1) is 0 Å². The highest BCUT2D eigenvalue weighted by Gasteiger charge is 2.14. The Balaban J connectivity index is 2.11. The molecule has 0 aliphatic rings. The third kappa shape index (κ3) is 5.02. The maximum absolute atomic E-state index is 12.5. The molecule has 5 nitrogen and oxygen atoms in total. The lowest BCUT2D eigenvalue weighted by Crippen LogP contribution is -2.12. The lowest BCUT2D eigenvalue weighted by atomic mass is 10.0. The van der Waals surface area contributed by atoms with Crippen molar-refractivity contribution >= 4 is 17.7 Å². The molecule has 0 unspecified atom stereocenters. The van der Waals surface area contributed by atoms with Crippen LogP contribution in [0.15, 0.2) is 48.5 Å². The molecular weight excluding hydrogens is 332 g/mol. The van der Waals surface area contributed by atoms with Crippen LogP contribution in [0, 0.1) is 0 Å². The minimum Gasteiger partial charge on any atom is -0.459 e. The minimum atomic E-state index is -0.424. The summed E-state index contributed by atoms with van der Waals surface area (Å²) in [6.45, 7) is 7.10. The Morgan fingerprint density at radius 3 is 1.12 bits per heavy atom. The first kappa shape index (κ1) is 19.4. The van der Waals surface area contributed by atoms with Crippen LogP contribution >= 0.6 is 0 Å². The molecule has 26 heavy (non-hydrogen) atoms. The fraction of sp³-hybridized carbons (Fsp3) is 0.286. The van der Waals surface area contributed by atoms with E-state index < -0.39 is 11.9 Å². The predicted octanol–water partition coefficient (Wildman–Crippen LogP) is 4.05. The van der Waals surface area contributed by atoms with E-state index in [1.807, 2.05) is 0 Å². The zero-order valence-electron chi connectivity index (χ0n) is 15.3. The van der Waals surface area contributed by atoms with E-state index >= 15 is 0 Å². The molecule has 5 heteroatoms. The second-order valence-electron chi connectivity index (χ2n) is 6.39. The van der Waals surface area contributed by atoms with Crippen LogP contribution in [0.5, 0.6) is 0 Å². The average Bonchev–Trinajstić information content (AvgIpc) is 2.60. The second-order valence-corrected chi connectivity index (χ2v) is 6.39. The molecule has 0 atom stereocenters. The van der Waals surface area contributed by atoms with Gasteiger partial charge in [0.15, 0.2) is 5.78 Å². The molecule has 0 saturated heterocycles. The van der Waals surface area contributed by atoms with Crippen molar-refractivity contribution in [1.29, 1.82) is 0 Å². The van der Waals surface area contributed by atoms with E-state index in [1.54, 1.807) is 76.2 Å². The number of carbonyl (C=O) groups is 3. The third-order valence-electron chi connectivity index (χ3n) is 3.45. The van der Waals surface area contributed by atoms with Crippen molar-refractivity contribution in [2.75, 3.05) is 0 Å². The standard InChI is InChI=1S/C21H22O5/c1-13(2)25-20(23)17-9-5-15(6-10-17)19(22)16-7-11-18(12-8-16)21(24)26-14(3)4/h5-14H,1-4H3. The molecule has 0 radical (unpaired) electrons. The van der Waals surface area contributed by atoms with Crippen LogP contribution in [-0.4, -0.2) is 29.9 Å². The Hall–Kier alpha value is -2.95. The summed E-state index contributed by atoms with van der Waals surface area (Å²) in [6.07, 6.45) is -0.408. The average molecular weight is 354 g/mol. The zero-order valence-corrected chi connectivity index (χ0v) is 15.3. The van der Waals surface area contributed by atoms with Crippen LogP contribution in [0.1, 0.15) is 64.3 Å². The van der Waals surface area contributed by atoms with Crippen LogP contribution < -0.4 is 0 Å². The van der Waals surface area contributed by atoms with Gasteiger partial charge in [0.05, 0.1) is 23.3 Å². The molecule has 0 N–H and O–H groups in total. The van der Waals surface area contributed by atoms with E-state index in [4.69, 9.17) is 9.47 Å². The summed E-state index contributed by atoms with van der Waals surface area (Å²) in [5.74, 6) is -1.04. The normalized spacial score (nSPS) is 10.7. The maximum atomic E-state index is 12.5. The lowest BCUT2D eigenvalue weighted by Gasteiger charge is -2.09. The van der Waals surface area contributed by atoms with Gasteiger partial charge >= 0.3 is 11.9 Å². The van der Waals surface area contributed by atoms with Crippen molar-refractivity contribution < 1.29 is 23.9 Å². The summed E-state index contributed by atoms with van der Waals surface area (Å²) in [5, 5.41) is 0. The first-order valence-electron chi connectivity index (χ1n) is 8.44. The SMILES string of the molecule is CC(C)OC(=O)c1ccc(C(=O)c2ccc(C(=O)OC(C)C)cc2)cc1. The molecule has 2 rings (SSSR count). The van der Waals surface area contributed by atoms with Gasteiger partial charge in [-0.1, -0.05) is 24.3 Å². The highest BCUT2D eigenvalue weighted by molar-refractivity contribution is 6.09. The predicted molar refractivity (Wildman–Crippen MR) is 97.4 cm³/mol. The number of hydrogen-bond acceptors (Lipinski definition) is 5. The molecule has 2 aromatic carbocycles. The van der Waals surface area contributed by atoms with Gasteiger partial charge in [-0.3, -0.25) is 4.79 Å². The number of ketones is 1. The fourth-order valence-corrected chi connectivity index (χ4v) is 2.25. The fourth-order valence-electron chi connectivity index (χ4n) is 2.25. The topological polar surface area (TPSA) is 69.7 Å². The smallest absolute Gasteiger partial charge is 0.338 e. The number of rotatable bonds is 6. The second kappa shape index (κ2) is 8.43. The largest absolute Gasteiger partial charge is 0.459 e. The Labute approximate surface area is 152 Å². The van der Waals surface area contributed by atoms with Crippen molar-refractivity contribution in [3.05, 3.63) is 70.8 Å². The maximum Gasteiger partial charge on any atom is 0.338 e. The third-order valence-corrected chi connectivity index (χ3v) is 3.45. The number of ether oxygens (including phenoxy) is 2. The van der Waals surface area contributed by atoms with Crippen molar-refractivity contribution in [3.8, 4) is 0 Å². The summed E-state index contributed by atoms with van der Waals surface area (Å²) < 4.78 is 10.2. The molecule has 0 aliphatic carbocycles. The summed E-state index contributed by atoms with van der Waals surface area (Å²) in [7, 11) is 0. The van der Waals surface area contributed by atoms with E-state index in [9.17, 15) is 14.4 Å². The molecule has 0 spiro atoms. The molecule has 0 saturated carbocycles. The molecule has 2 aromatic rings. The van der Waals surface area contributed by atoms with Crippen LogP contribution in [0.2, 0.25) is 0 Å². The van der Waals surface area contributed by atoms with Gasteiger partial charge in [0.2, 0.25) is 0 Å². The molecule has 0 aliphatic heterocycles. The minimum absolute atomic E-state index is 0.197. The van der Waals surface area contributed by atoms with Crippen LogP contribution in [0.4, 0.5) is 0 Å². The monoisotopic (exact) mass is 354 g/mol. The van der Waals surface area contributed by atoms with Crippen LogP contribution in [0.25, 0.3) is 0 Å². The van der Waals surface area contributed by atoms with Crippen LogP contribution in [-0.2, 0) is 9.47 Å². The van der Waals surface area contributed by atoms with E-state index in [1.165, 1.54) is 0 Å². The van der Waals surface area contributed by atoms with E-state index in [2.05, 4.69) is 0 Å². The van der Waals surface area contributed by atoms with E-state index in [0.29, 0.717) is 22.3 Å². The van der Waals surface area contributed by atoms with Gasteiger partial charge in [-0.25, -0.2) is 9.59 Å². The lowest BCUT2D eigenvalue weighted by molar-refractivity contribution is 0.0367. The summed E-state index contributed by atoms with van der Waals surface area (Å²) in [6, 6.07) is 12.6. The molecule has 0 amide bonds. The molecule has 0 aromatic heterocycles. The Morgan fingerprint density at radius 1 is 0.577 bits per heavy atom. The van der Waals surface area contributed by atoms with Crippen LogP contribution in [0.3, 0.4) is 0 Å². The Bertz CT molecular complexity index is 719. The quantitative estimate of drug-likeness (QED) is 0.578. The van der Waals surface area contributed by atoms with Crippen molar-refractivity contribution in [2.24, 2.45) is 0 Å². The molecule has 0 bridgehead atoms. The Kier molecular flexibility index (Phi) is 6.28. The van der Waals surface area contributed by atoms with E-state index in [-0.39, 0.29) is 18.0 Å². The summed E-state index contributed by atoms with van der Waals surface area (Å²) in [4.78, 5) is 36.2. The summed E-state index contributed by atoms with van der Waals surface area (Å²) in [5.41, 5.74) is 1.68.